The SMILES string of the molecule is COC(=O)COc1ccc(/C=N/NC(=O)c2ccc(C)cc2)cc1. The van der Waals surface area contributed by atoms with Gasteiger partial charge in [0, 0.05) is 5.56 Å². The van der Waals surface area contributed by atoms with Crippen LogP contribution in [0.2, 0.25) is 0 Å². The first-order valence-corrected chi connectivity index (χ1v) is 7.28. The number of hydrazone groups is 1. The van der Waals surface area contributed by atoms with Gasteiger partial charge in [-0.1, -0.05) is 17.7 Å². The van der Waals surface area contributed by atoms with E-state index in [2.05, 4.69) is 15.3 Å². The zero-order valence-electron chi connectivity index (χ0n) is 13.5. The number of nitrogens with one attached hydrogen (secondary N) is 1. The summed E-state index contributed by atoms with van der Waals surface area (Å²) in [5.41, 5.74) is 4.88. The minimum Gasteiger partial charge on any atom is -0.482 e. The lowest BCUT2D eigenvalue weighted by atomic mass is 10.1. The highest BCUT2D eigenvalue weighted by Gasteiger charge is 2.03. The number of carbonyl (C=O) groups excluding carboxylic acids is 2. The lowest BCUT2D eigenvalue weighted by molar-refractivity contribution is -0.142. The van der Waals surface area contributed by atoms with Crippen LogP contribution in [-0.2, 0) is 9.53 Å². The number of methoxy groups -OCH3 is 1. The van der Waals surface area contributed by atoms with Crippen LogP contribution in [0.4, 0.5) is 0 Å². The van der Waals surface area contributed by atoms with E-state index < -0.39 is 5.97 Å². The highest BCUT2D eigenvalue weighted by molar-refractivity contribution is 5.94. The zero-order valence-corrected chi connectivity index (χ0v) is 13.5. The van der Waals surface area contributed by atoms with Crippen LogP contribution in [0.1, 0.15) is 21.5 Å². The molecule has 0 aromatic heterocycles. The molecule has 0 atom stereocenters. The molecule has 0 aliphatic heterocycles. The minimum atomic E-state index is -0.445. The van der Waals surface area contributed by atoms with Gasteiger partial charge in [0.1, 0.15) is 5.75 Å². The van der Waals surface area contributed by atoms with E-state index in [1.165, 1.54) is 13.3 Å². The third-order valence-electron chi connectivity index (χ3n) is 3.16. The Bertz CT molecular complexity index is 722. The molecule has 0 spiro atoms. The van der Waals surface area contributed by atoms with Crippen molar-refractivity contribution in [1.82, 2.24) is 5.43 Å². The van der Waals surface area contributed by atoms with Crippen molar-refractivity contribution in [1.29, 1.82) is 0 Å². The molecule has 0 fully saturated rings. The average Bonchev–Trinajstić information content (AvgIpc) is 2.61. The molecule has 0 heterocycles. The Kier molecular flexibility index (Phi) is 6.08. The number of aryl methyl sites for hydroxylation is 1. The Morgan fingerprint density at radius 1 is 1.08 bits per heavy atom. The van der Waals surface area contributed by atoms with Crippen LogP contribution >= 0.6 is 0 Å². The van der Waals surface area contributed by atoms with E-state index >= 15 is 0 Å². The second-order valence-corrected chi connectivity index (χ2v) is 5.00. The first-order valence-electron chi connectivity index (χ1n) is 7.28. The van der Waals surface area contributed by atoms with Crippen LogP contribution in [0.25, 0.3) is 0 Å². The topological polar surface area (TPSA) is 77.0 Å². The Morgan fingerprint density at radius 2 is 1.75 bits per heavy atom. The fourth-order valence-corrected chi connectivity index (χ4v) is 1.79. The Labute approximate surface area is 140 Å². The highest BCUT2D eigenvalue weighted by atomic mass is 16.6. The van der Waals surface area contributed by atoms with Gasteiger partial charge in [-0.25, -0.2) is 10.2 Å². The van der Waals surface area contributed by atoms with Crippen LogP contribution < -0.4 is 10.2 Å². The molecule has 1 amide bonds. The van der Waals surface area contributed by atoms with Gasteiger partial charge in [0.2, 0.25) is 0 Å². The fourth-order valence-electron chi connectivity index (χ4n) is 1.79. The lowest BCUT2D eigenvalue weighted by Crippen LogP contribution is -2.17. The molecule has 124 valence electrons. The normalized spacial score (nSPS) is 10.4. The predicted molar refractivity (Wildman–Crippen MR) is 90.2 cm³/mol. The summed E-state index contributed by atoms with van der Waals surface area (Å²) in [6.45, 7) is 1.81. The molecular formula is C18H18N2O4. The van der Waals surface area contributed by atoms with Crippen molar-refractivity contribution >= 4 is 18.1 Å². The molecule has 6 nitrogen and oxygen atoms in total. The summed E-state index contributed by atoms with van der Waals surface area (Å²) >= 11 is 0. The van der Waals surface area contributed by atoms with E-state index in [9.17, 15) is 9.59 Å². The van der Waals surface area contributed by atoms with E-state index in [0.717, 1.165) is 11.1 Å². The molecule has 2 aromatic rings. The van der Waals surface area contributed by atoms with Gasteiger partial charge in [-0.15, -0.1) is 0 Å². The Morgan fingerprint density at radius 3 is 2.38 bits per heavy atom. The summed E-state index contributed by atoms with van der Waals surface area (Å²) in [6, 6.07) is 14.1. The fraction of sp³-hybridized carbons (Fsp3) is 0.167. The molecule has 6 heteroatoms. The van der Waals surface area contributed by atoms with Crippen molar-refractivity contribution < 1.29 is 19.1 Å². The molecule has 0 bridgehead atoms. The molecule has 1 N–H and O–H groups in total. The summed E-state index contributed by atoms with van der Waals surface area (Å²) < 4.78 is 9.72. The smallest absolute Gasteiger partial charge is 0.343 e. The van der Waals surface area contributed by atoms with Gasteiger partial charge in [-0.3, -0.25) is 4.79 Å². The first-order chi connectivity index (χ1) is 11.6. The maximum atomic E-state index is 11.9. The van der Waals surface area contributed by atoms with Crippen molar-refractivity contribution in [2.45, 2.75) is 6.92 Å². The van der Waals surface area contributed by atoms with E-state index in [0.29, 0.717) is 11.3 Å². The molecule has 0 saturated heterocycles. The number of nitrogens with zero attached hydrogens (tertiary/aromatic N) is 1. The molecule has 0 aliphatic rings. The second kappa shape index (κ2) is 8.47. The van der Waals surface area contributed by atoms with Crippen molar-refractivity contribution in [3.8, 4) is 5.75 Å². The molecular weight excluding hydrogens is 308 g/mol. The van der Waals surface area contributed by atoms with Gasteiger partial charge >= 0.3 is 5.97 Å². The largest absolute Gasteiger partial charge is 0.482 e. The standard InChI is InChI=1S/C18H18N2O4/c1-13-3-7-15(8-4-13)18(22)20-19-11-14-5-9-16(10-6-14)24-12-17(21)23-2/h3-11H,12H2,1-2H3,(H,20,22)/b19-11+. The lowest BCUT2D eigenvalue weighted by Gasteiger charge is -2.04. The minimum absolute atomic E-state index is 0.142. The van der Waals surface area contributed by atoms with Gasteiger partial charge in [-0.2, -0.15) is 5.10 Å². The summed E-state index contributed by atoms with van der Waals surface area (Å²) in [4.78, 5) is 22.9. The summed E-state index contributed by atoms with van der Waals surface area (Å²) in [5, 5.41) is 3.92. The number of rotatable bonds is 6. The number of amides is 1. The van der Waals surface area contributed by atoms with Crippen molar-refractivity contribution in [2.24, 2.45) is 5.10 Å². The maximum absolute atomic E-state index is 11.9. The number of esters is 1. The van der Waals surface area contributed by atoms with Crippen LogP contribution in [0.3, 0.4) is 0 Å². The molecule has 0 unspecified atom stereocenters. The summed E-state index contributed by atoms with van der Waals surface area (Å²) in [7, 11) is 1.30. The van der Waals surface area contributed by atoms with E-state index in [1.54, 1.807) is 36.4 Å². The van der Waals surface area contributed by atoms with Gasteiger partial charge < -0.3 is 9.47 Å². The van der Waals surface area contributed by atoms with Crippen molar-refractivity contribution in [2.75, 3.05) is 13.7 Å². The Balaban J connectivity index is 1.86. The third-order valence-corrected chi connectivity index (χ3v) is 3.16. The maximum Gasteiger partial charge on any atom is 0.343 e. The molecule has 24 heavy (non-hydrogen) atoms. The number of hydrogen-bond acceptors (Lipinski definition) is 5. The summed E-state index contributed by atoms with van der Waals surface area (Å²) in [6.07, 6.45) is 1.52. The number of ether oxygens (including phenoxy) is 2. The second-order valence-electron chi connectivity index (χ2n) is 5.00. The molecule has 0 aliphatic carbocycles. The van der Waals surface area contributed by atoms with Crippen LogP contribution in [0, 0.1) is 6.92 Å². The zero-order chi connectivity index (χ0) is 17.4. The average molecular weight is 326 g/mol. The number of carbonyl (C=O) groups is 2. The monoisotopic (exact) mass is 326 g/mol. The Hall–Kier alpha value is -3.15. The molecule has 0 radical (unpaired) electrons. The van der Waals surface area contributed by atoms with Crippen LogP contribution in [-0.4, -0.2) is 31.8 Å². The molecule has 2 aromatic carbocycles. The van der Waals surface area contributed by atoms with Crippen molar-refractivity contribution in [3.63, 3.8) is 0 Å². The van der Waals surface area contributed by atoms with Crippen molar-refractivity contribution in [3.05, 3.63) is 65.2 Å². The number of benzene rings is 2. The third kappa shape index (κ3) is 5.24. The van der Waals surface area contributed by atoms with E-state index in [4.69, 9.17) is 4.74 Å². The van der Waals surface area contributed by atoms with Gasteiger partial charge in [0.25, 0.3) is 5.91 Å². The highest BCUT2D eigenvalue weighted by Crippen LogP contribution is 2.11. The van der Waals surface area contributed by atoms with E-state index in [1.807, 2.05) is 19.1 Å². The summed E-state index contributed by atoms with van der Waals surface area (Å²) in [5.74, 6) is -0.176. The van der Waals surface area contributed by atoms with Crippen LogP contribution in [0.5, 0.6) is 5.75 Å². The molecule has 2 rings (SSSR count). The van der Waals surface area contributed by atoms with E-state index in [-0.39, 0.29) is 12.5 Å². The molecule has 0 saturated carbocycles. The van der Waals surface area contributed by atoms with Crippen LogP contribution in [0.15, 0.2) is 53.6 Å². The predicted octanol–water partition coefficient (Wildman–Crippen LogP) is 2.31. The quantitative estimate of drug-likeness (QED) is 0.502. The van der Waals surface area contributed by atoms with Gasteiger partial charge in [-0.05, 0) is 48.9 Å². The van der Waals surface area contributed by atoms with Gasteiger partial charge in [0.15, 0.2) is 6.61 Å². The van der Waals surface area contributed by atoms with Gasteiger partial charge in [0.05, 0.1) is 13.3 Å². The number of hydrogen-bond donors (Lipinski definition) is 1. The first kappa shape index (κ1) is 17.2.